The maximum absolute atomic E-state index is 8.79. The lowest BCUT2D eigenvalue weighted by Gasteiger charge is -2.11. The molecule has 19 heavy (non-hydrogen) atoms. The standard InChI is InChI=1S/C13H10BrClN2O2/c14-8-3-1-4-9(7-8)19-11-6-2-5-10(15)12(11)13(16)17-18/h1-7,18H,(H2,16,17). The Hall–Kier alpha value is -1.72. The summed E-state index contributed by atoms with van der Waals surface area (Å²) < 4.78 is 6.59. The number of amidine groups is 1. The Kier molecular flexibility index (Phi) is 4.29. The zero-order chi connectivity index (χ0) is 13.8. The lowest BCUT2D eigenvalue weighted by Crippen LogP contribution is -2.14. The minimum absolute atomic E-state index is 0.101. The van der Waals surface area contributed by atoms with Gasteiger partial charge in [0.15, 0.2) is 5.84 Å². The molecule has 0 radical (unpaired) electrons. The van der Waals surface area contributed by atoms with E-state index in [0.717, 1.165) is 4.47 Å². The highest BCUT2D eigenvalue weighted by atomic mass is 79.9. The van der Waals surface area contributed by atoms with E-state index in [-0.39, 0.29) is 5.84 Å². The molecule has 0 atom stereocenters. The van der Waals surface area contributed by atoms with Gasteiger partial charge in [-0.15, -0.1) is 0 Å². The summed E-state index contributed by atoms with van der Waals surface area (Å²) in [4.78, 5) is 0. The second-order valence-electron chi connectivity index (χ2n) is 3.66. The number of nitrogens with zero attached hydrogens (tertiary/aromatic N) is 1. The molecule has 0 aromatic heterocycles. The fourth-order valence-electron chi connectivity index (χ4n) is 1.55. The van der Waals surface area contributed by atoms with Crippen LogP contribution in [0.3, 0.4) is 0 Å². The molecule has 98 valence electrons. The molecule has 0 aliphatic heterocycles. The molecule has 2 aromatic rings. The van der Waals surface area contributed by atoms with Crippen LogP contribution in [0.15, 0.2) is 52.1 Å². The predicted octanol–water partition coefficient (Wildman–Crippen LogP) is 3.99. The highest BCUT2D eigenvalue weighted by Crippen LogP contribution is 2.31. The van der Waals surface area contributed by atoms with Gasteiger partial charge in [-0.2, -0.15) is 0 Å². The third-order valence-electron chi connectivity index (χ3n) is 2.36. The average molecular weight is 342 g/mol. The first-order valence-electron chi connectivity index (χ1n) is 5.31. The van der Waals surface area contributed by atoms with E-state index < -0.39 is 0 Å². The lowest BCUT2D eigenvalue weighted by atomic mass is 10.2. The maximum atomic E-state index is 8.79. The van der Waals surface area contributed by atoms with Gasteiger partial charge in [-0.05, 0) is 30.3 Å². The predicted molar refractivity (Wildman–Crippen MR) is 78.2 cm³/mol. The molecule has 2 aromatic carbocycles. The number of halogens is 2. The van der Waals surface area contributed by atoms with E-state index in [0.29, 0.717) is 22.1 Å². The number of hydrogen-bond acceptors (Lipinski definition) is 3. The number of rotatable bonds is 3. The maximum Gasteiger partial charge on any atom is 0.175 e. The van der Waals surface area contributed by atoms with Crippen LogP contribution in [0, 0.1) is 0 Å². The number of nitrogens with two attached hydrogens (primary N) is 1. The minimum atomic E-state index is -0.101. The molecule has 0 heterocycles. The Morgan fingerprint density at radius 1 is 1.26 bits per heavy atom. The molecule has 0 unspecified atom stereocenters. The second kappa shape index (κ2) is 5.95. The van der Waals surface area contributed by atoms with E-state index in [1.165, 1.54) is 0 Å². The zero-order valence-corrected chi connectivity index (χ0v) is 12.0. The summed E-state index contributed by atoms with van der Waals surface area (Å²) in [5.74, 6) is 0.931. The van der Waals surface area contributed by atoms with Gasteiger partial charge < -0.3 is 15.7 Å². The highest BCUT2D eigenvalue weighted by molar-refractivity contribution is 9.10. The molecule has 3 N–H and O–H groups in total. The van der Waals surface area contributed by atoms with Crippen LogP contribution >= 0.6 is 27.5 Å². The first kappa shape index (κ1) is 13.7. The van der Waals surface area contributed by atoms with Crippen LogP contribution in [0.4, 0.5) is 0 Å². The Bertz CT molecular complexity index is 632. The van der Waals surface area contributed by atoms with Gasteiger partial charge in [0.05, 0.1) is 10.6 Å². The monoisotopic (exact) mass is 340 g/mol. The largest absolute Gasteiger partial charge is 0.457 e. The molecule has 0 amide bonds. The van der Waals surface area contributed by atoms with Crippen LogP contribution in [0.2, 0.25) is 5.02 Å². The average Bonchev–Trinajstić information content (AvgIpc) is 2.38. The van der Waals surface area contributed by atoms with E-state index in [1.54, 1.807) is 30.3 Å². The van der Waals surface area contributed by atoms with Crippen LogP contribution in [0.1, 0.15) is 5.56 Å². The van der Waals surface area contributed by atoms with E-state index in [9.17, 15) is 0 Å². The Morgan fingerprint density at radius 2 is 2.00 bits per heavy atom. The van der Waals surface area contributed by atoms with E-state index in [4.69, 9.17) is 27.3 Å². The van der Waals surface area contributed by atoms with Crippen LogP contribution < -0.4 is 10.5 Å². The molecule has 0 saturated heterocycles. The van der Waals surface area contributed by atoms with Crippen molar-refractivity contribution in [3.05, 3.63) is 57.5 Å². The molecule has 0 fully saturated rings. The van der Waals surface area contributed by atoms with Gasteiger partial charge in [0.1, 0.15) is 11.5 Å². The van der Waals surface area contributed by atoms with Crippen molar-refractivity contribution in [3.8, 4) is 11.5 Å². The molecule has 0 aliphatic carbocycles. The van der Waals surface area contributed by atoms with Crippen molar-refractivity contribution in [1.82, 2.24) is 0 Å². The third kappa shape index (κ3) is 3.19. The van der Waals surface area contributed by atoms with Gasteiger partial charge in [0.25, 0.3) is 0 Å². The first-order chi connectivity index (χ1) is 9.11. The minimum Gasteiger partial charge on any atom is -0.457 e. The van der Waals surface area contributed by atoms with Crippen molar-refractivity contribution in [2.24, 2.45) is 10.9 Å². The summed E-state index contributed by atoms with van der Waals surface area (Å²) in [6.07, 6.45) is 0. The molecule has 0 aliphatic rings. The van der Waals surface area contributed by atoms with Gasteiger partial charge in [0, 0.05) is 4.47 Å². The fourth-order valence-corrected chi connectivity index (χ4v) is 2.19. The number of oxime groups is 1. The SMILES string of the molecule is NC(=NO)c1c(Cl)cccc1Oc1cccc(Br)c1. The molecular weight excluding hydrogens is 332 g/mol. The molecule has 0 spiro atoms. The van der Waals surface area contributed by atoms with Crippen LogP contribution in [0.5, 0.6) is 11.5 Å². The molecule has 0 saturated carbocycles. The smallest absolute Gasteiger partial charge is 0.175 e. The normalized spacial score (nSPS) is 11.4. The second-order valence-corrected chi connectivity index (χ2v) is 4.98. The van der Waals surface area contributed by atoms with Crippen LogP contribution in [-0.2, 0) is 0 Å². The molecular formula is C13H10BrClN2O2. The van der Waals surface area contributed by atoms with Gasteiger partial charge in [-0.25, -0.2) is 0 Å². The van der Waals surface area contributed by atoms with Crippen molar-refractivity contribution < 1.29 is 9.94 Å². The number of hydrogen-bond donors (Lipinski definition) is 2. The summed E-state index contributed by atoms with van der Waals surface area (Å²) in [5, 5.41) is 12.1. The van der Waals surface area contributed by atoms with Gasteiger partial charge >= 0.3 is 0 Å². The molecule has 2 rings (SSSR count). The summed E-state index contributed by atoms with van der Waals surface area (Å²) in [6, 6.07) is 12.4. The molecule has 6 heteroatoms. The Morgan fingerprint density at radius 3 is 2.68 bits per heavy atom. The zero-order valence-electron chi connectivity index (χ0n) is 9.68. The lowest BCUT2D eigenvalue weighted by molar-refractivity contribution is 0.318. The van der Waals surface area contributed by atoms with Crippen molar-refractivity contribution in [1.29, 1.82) is 0 Å². The summed E-state index contributed by atoms with van der Waals surface area (Å²) in [7, 11) is 0. The van der Waals surface area contributed by atoms with Gasteiger partial charge in [-0.3, -0.25) is 0 Å². The topological polar surface area (TPSA) is 67.8 Å². The molecule has 0 bridgehead atoms. The van der Waals surface area contributed by atoms with E-state index in [1.807, 2.05) is 12.1 Å². The number of benzene rings is 2. The first-order valence-corrected chi connectivity index (χ1v) is 6.48. The van der Waals surface area contributed by atoms with Crippen molar-refractivity contribution in [2.45, 2.75) is 0 Å². The number of ether oxygens (including phenoxy) is 1. The van der Waals surface area contributed by atoms with Crippen molar-refractivity contribution in [3.63, 3.8) is 0 Å². The fraction of sp³-hybridized carbons (Fsp3) is 0. The van der Waals surface area contributed by atoms with Crippen molar-refractivity contribution >= 4 is 33.4 Å². The quantitative estimate of drug-likeness (QED) is 0.384. The third-order valence-corrected chi connectivity index (χ3v) is 3.17. The van der Waals surface area contributed by atoms with E-state index in [2.05, 4.69) is 21.1 Å². The summed E-state index contributed by atoms with van der Waals surface area (Å²) in [5.41, 5.74) is 5.96. The Labute approximate surface area is 123 Å². The van der Waals surface area contributed by atoms with Crippen molar-refractivity contribution in [2.75, 3.05) is 0 Å². The molecule has 4 nitrogen and oxygen atoms in total. The summed E-state index contributed by atoms with van der Waals surface area (Å²) >= 11 is 9.40. The highest BCUT2D eigenvalue weighted by Gasteiger charge is 2.13. The summed E-state index contributed by atoms with van der Waals surface area (Å²) in [6.45, 7) is 0. The Balaban J connectivity index is 2.43. The van der Waals surface area contributed by atoms with Crippen LogP contribution in [0.25, 0.3) is 0 Å². The van der Waals surface area contributed by atoms with Crippen LogP contribution in [-0.4, -0.2) is 11.0 Å². The van der Waals surface area contributed by atoms with E-state index >= 15 is 0 Å². The van der Waals surface area contributed by atoms with Gasteiger partial charge in [0.2, 0.25) is 0 Å². The van der Waals surface area contributed by atoms with Gasteiger partial charge in [-0.1, -0.05) is 44.8 Å².